The zero-order chi connectivity index (χ0) is 25.6. The topological polar surface area (TPSA) is 154 Å². The Morgan fingerprint density at radius 1 is 1.11 bits per heavy atom. The van der Waals surface area contributed by atoms with Crippen LogP contribution in [-0.2, 0) is 37.2 Å². The summed E-state index contributed by atoms with van der Waals surface area (Å²) in [5.74, 6) is -1.50. The number of amides is 1. The quantitative estimate of drug-likeness (QED) is 0.370. The molecule has 0 bridgehead atoms. The van der Waals surface area contributed by atoms with Crippen molar-refractivity contribution in [2.45, 2.75) is 38.5 Å². The van der Waals surface area contributed by atoms with Gasteiger partial charge in [0.05, 0.1) is 28.5 Å². The lowest BCUT2D eigenvalue weighted by molar-refractivity contribution is -0.142. The van der Waals surface area contributed by atoms with E-state index in [2.05, 4.69) is 20.0 Å². The highest BCUT2D eigenvalue weighted by Gasteiger charge is 2.21. The molecular weight excluding hydrogens is 516 g/mol. The molecule has 0 atom stereocenters. The number of aryl methyl sites for hydroxylation is 1. The van der Waals surface area contributed by atoms with Crippen LogP contribution >= 0.6 is 22.7 Å². The second kappa shape index (κ2) is 11.4. The largest absolute Gasteiger partial charge is 0.466 e. The van der Waals surface area contributed by atoms with Crippen LogP contribution in [0.25, 0.3) is 0 Å². The number of hydrogen-bond acceptors (Lipinski definition) is 11. The number of carbonyl (C=O) groups excluding carboxylic acids is 3. The Hall–Kier alpha value is -3.36. The summed E-state index contributed by atoms with van der Waals surface area (Å²) >= 11 is 2.18. The summed E-state index contributed by atoms with van der Waals surface area (Å²) in [6.45, 7) is 5.01. The maximum atomic E-state index is 12.9. The standard InChI is InChI=1S/C21H22N4O7S3/c1-4-16-19(32-12(3)26)24-21(34-16)25-35(29,30)15-8-6-7-13(9-15)18(28)23-20-22-14(11-33-20)10-17(27)31-5-2/h6-9,11H,4-5,10H2,1-3H3,(H,24,25)(H,22,23,28). The molecule has 0 aliphatic rings. The Labute approximate surface area is 209 Å². The number of rotatable bonds is 10. The summed E-state index contributed by atoms with van der Waals surface area (Å²) in [7, 11) is -4.08. The monoisotopic (exact) mass is 538 g/mol. The number of thiazole rings is 2. The third-order valence-electron chi connectivity index (χ3n) is 4.25. The summed E-state index contributed by atoms with van der Waals surface area (Å²) in [5, 5.41) is 4.51. The van der Waals surface area contributed by atoms with Gasteiger partial charge in [0.15, 0.2) is 10.3 Å². The summed E-state index contributed by atoms with van der Waals surface area (Å²) in [6.07, 6.45) is 0.477. The van der Waals surface area contributed by atoms with Crippen LogP contribution in [0.2, 0.25) is 0 Å². The van der Waals surface area contributed by atoms with Gasteiger partial charge in [-0.1, -0.05) is 24.3 Å². The molecule has 35 heavy (non-hydrogen) atoms. The first kappa shape index (κ1) is 26.2. The summed E-state index contributed by atoms with van der Waals surface area (Å²) in [6, 6.07) is 5.44. The Morgan fingerprint density at radius 2 is 1.89 bits per heavy atom. The molecule has 0 aliphatic heterocycles. The van der Waals surface area contributed by atoms with E-state index in [9.17, 15) is 22.8 Å². The van der Waals surface area contributed by atoms with Crippen LogP contribution in [-0.4, -0.2) is 42.8 Å². The minimum absolute atomic E-state index is 0.0186. The second-order valence-electron chi connectivity index (χ2n) is 6.91. The number of nitrogens with one attached hydrogen (secondary N) is 2. The van der Waals surface area contributed by atoms with Gasteiger partial charge in [0.2, 0.25) is 5.88 Å². The van der Waals surface area contributed by atoms with Crippen molar-refractivity contribution in [2.24, 2.45) is 0 Å². The van der Waals surface area contributed by atoms with Gasteiger partial charge in [0, 0.05) is 17.9 Å². The van der Waals surface area contributed by atoms with E-state index in [0.29, 0.717) is 17.0 Å². The number of ether oxygens (including phenoxy) is 2. The van der Waals surface area contributed by atoms with Gasteiger partial charge < -0.3 is 9.47 Å². The molecule has 0 spiro atoms. The number of anilines is 2. The molecule has 3 rings (SSSR count). The fourth-order valence-corrected chi connectivity index (χ4v) is 5.59. The number of hydrogen-bond donors (Lipinski definition) is 2. The van der Waals surface area contributed by atoms with E-state index in [1.165, 1.54) is 31.2 Å². The molecule has 0 radical (unpaired) electrons. The molecule has 14 heteroatoms. The van der Waals surface area contributed by atoms with Gasteiger partial charge in [0.1, 0.15) is 0 Å². The first-order valence-electron chi connectivity index (χ1n) is 10.3. The van der Waals surface area contributed by atoms with Gasteiger partial charge in [-0.15, -0.1) is 11.3 Å². The highest BCUT2D eigenvalue weighted by molar-refractivity contribution is 7.93. The van der Waals surface area contributed by atoms with Crippen molar-refractivity contribution < 1.29 is 32.3 Å². The fraction of sp³-hybridized carbons (Fsp3) is 0.286. The van der Waals surface area contributed by atoms with Gasteiger partial charge in [-0.05, 0) is 31.5 Å². The third-order valence-corrected chi connectivity index (χ3v) is 7.62. The van der Waals surface area contributed by atoms with Crippen molar-refractivity contribution in [2.75, 3.05) is 16.6 Å². The zero-order valence-electron chi connectivity index (χ0n) is 19.0. The molecule has 2 N–H and O–H groups in total. The number of carbonyl (C=O) groups is 3. The Kier molecular flexibility index (Phi) is 8.53. The van der Waals surface area contributed by atoms with Crippen molar-refractivity contribution in [3.8, 4) is 5.88 Å². The predicted octanol–water partition coefficient (Wildman–Crippen LogP) is 3.25. The average Bonchev–Trinajstić information content (AvgIpc) is 3.39. The van der Waals surface area contributed by atoms with E-state index in [1.54, 1.807) is 12.3 Å². The van der Waals surface area contributed by atoms with Crippen molar-refractivity contribution in [1.29, 1.82) is 0 Å². The number of esters is 2. The van der Waals surface area contributed by atoms with Crippen molar-refractivity contribution in [1.82, 2.24) is 9.97 Å². The van der Waals surface area contributed by atoms with E-state index >= 15 is 0 Å². The minimum atomic E-state index is -4.08. The fourth-order valence-electron chi connectivity index (χ4n) is 2.77. The van der Waals surface area contributed by atoms with Crippen molar-refractivity contribution in [3.05, 3.63) is 45.8 Å². The SMILES string of the molecule is CCOC(=O)Cc1csc(NC(=O)c2cccc(S(=O)(=O)Nc3nc(OC(C)=O)c(CC)s3)c2)n1. The molecular formula is C21H22N4O7S3. The van der Waals surface area contributed by atoms with E-state index in [0.717, 1.165) is 22.7 Å². The zero-order valence-corrected chi connectivity index (χ0v) is 21.4. The summed E-state index contributed by atoms with van der Waals surface area (Å²) < 4.78 is 38.0. The predicted molar refractivity (Wildman–Crippen MR) is 130 cm³/mol. The van der Waals surface area contributed by atoms with E-state index in [4.69, 9.17) is 9.47 Å². The maximum absolute atomic E-state index is 12.9. The lowest BCUT2D eigenvalue weighted by Crippen LogP contribution is -2.16. The minimum Gasteiger partial charge on any atom is -0.466 e. The lowest BCUT2D eigenvalue weighted by Gasteiger charge is -2.07. The van der Waals surface area contributed by atoms with Gasteiger partial charge in [-0.3, -0.25) is 24.4 Å². The van der Waals surface area contributed by atoms with Crippen LogP contribution in [0.4, 0.5) is 10.3 Å². The van der Waals surface area contributed by atoms with Gasteiger partial charge in [0.25, 0.3) is 15.9 Å². The van der Waals surface area contributed by atoms with Crippen LogP contribution in [0.3, 0.4) is 0 Å². The number of aromatic nitrogens is 2. The lowest BCUT2D eigenvalue weighted by atomic mass is 10.2. The van der Waals surface area contributed by atoms with Crippen LogP contribution in [0, 0.1) is 0 Å². The van der Waals surface area contributed by atoms with Crippen LogP contribution in [0.1, 0.15) is 41.7 Å². The van der Waals surface area contributed by atoms with Crippen LogP contribution in [0.15, 0.2) is 34.5 Å². The highest BCUT2D eigenvalue weighted by atomic mass is 32.2. The Balaban J connectivity index is 1.73. The van der Waals surface area contributed by atoms with Gasteiger partial charge in [-0.2, -0.15) is 4.98 Å². The number of sulfonamides is 1. The molecule has 11 nitrogen and oxygen atoms in total. The van der Waals surface area contributed by atoms with Gasteiger partial charge >= 0.3 is 11.9 Å². The highest BCUT2D eigenvalue weighted by Crippen LogP contribution is 2.31. The van der Waals surface area contributed by atoms with E-state index in [1.807, 2.05) is 6.92 Å². The maximum Gasteiger partial charge on any atom is 0.311 e. The molecule has 2 heterocycles. The number of nitrogens with zero attached hydrogens (tertiary/aromatic N) is 2. The molecule has 0 fully saturated rings. The Bertz CT molecular complexity index is 1350. The molecule has 1 amide bonds. The molecule has 0 saturated heterocycles. The average molecular weight is 539 g/mol. The van der Waals surface area contributed by atoms with E-state index in [-0.39, 0.29) is 39.6 Å². The van der Waals surface area contributed by atoms with Crippen LogP contribution in [0.5, 0.6) is 5.88 Å². The molecule has 0 saturated carbocycles. The first-order valence-corrected chi connectivity index (χ1v) is 13.5. The summed E-state index contributed by atoms with van der Waals surface area (Å²) in [4.78, 5) is 44.2. The molecule has 3 aromatic rings. The second-order valence-corrected chi connectivity index (χ2v) is 10.5. The molecule has 2 aromatic heterocycles. The van der Waals surface area contributed by atoms with Crippen LogP contribution < -0.4 is 14.8 Å². The summed E-state index contributed by atoms with van der Waals surface area (Å²) in [5.41, 5.74) is 0.538. The smallest absolute Gasteiger partial charge is 0.311 e. The third kappa shape index (κ3) is 7.07. The van der Waals surface area contributed by atoms with E-state index < -0.39 is 27.9 Å². The van der Waals surface area contributed by atoms with Crippen molar-refractivity contribution in [3.63, 3.8) is 0 Å². The number of benzene rings is 1. The normalized spacial score (nSPS) is 11.1. The van der Waals surface area contributed by atoms with Gasteiger partial charge in [-0.25, -0.2) is 13.4 Å². The molecule has 0 aliphatic carbocycles. The molecule has 0 unspecified atom stereocenters. The first-order chi connectivity index (χ1) is 16.6. The molecule has 186 valence electrons. The Morgan fingerprint density at radius 3 is 2.57 bits per heavy atom. The molecule has 1 aromatic carbocycles. The van der Waals surface area contributed by atoms with Crippen molar-refractivity contribution >= 4 is 60.8 Å².